The van der Waals surface area contributed by atoms with Crippen LogP contribution in [0.4, 0.5) is 13.2 Å². The molecule has 7 nitrogen and oxygen atoms in total. The van der Waals surface area contributed by atoms with Gasteiger partial charge in [0.2, 0.25) is 5.91 Å². The van der Waals surface area contributed by atoms with E-state index in [1.807, 2.05) is 29.6 Å². The van der Waals surface area contributed by atoms with Gasteiger partial charge in [0, 0.05) is 18.4 Å². The summed E-state index contributed by atoms with van der Waals surface area (Å²) in [5.74, 6) is -1.83. The highest BCUT2D eigenvalue weighted by atomic mass is 31.2. The standard InChI is InChI=1S/C29H33F3N3O4P/c1-2-3-4-11-21-12-9-13-22-25(21)27(28(36)35-20-29(30,31)32)23-14-10-15-24(26(22)23)40(37,38-18-7-5-16-33)39-19-8-6-17-34/h9-10,12-15,27H,2-8,11,18-20H2,1H3,(H,35,36). The van der Waals surface area contributed by atoms with Crippen molar-refractivity contribution in [2.24, 2.45) is 0 Å². The first kappa shape index (κ1) is 31.4. The van der Waals surface area contributed by atoms with Gasteiger partial charge >= 0.3 is 13.8 Å². The molecule has 1 N–H and O–H groups in total. The van der Waals surface area contributed by atoms with E-state index in [0.29, 0.717) is 41.5 Å². The van der Waals surface area contributed by atoms with Crippen molar-refractivity contribution in [2.75, 3.05) is 19.8 Å². The van der Waals surface area contributed by atoms with E-state index in [0.717, 1.165) is 24.8 Å². The highest BCUT2D eigenvalue weighted by molar-refractivity contribution is 7.62. The zero-order chi connectivity index (χ0) is 29.2. The first-order chi connectivity index (χ1) is 19.2. The predicted molar refractivity (Wildman–Crippen MR) is 145 cm³/mol. The summed E-state index contributed by atoms with van der Waals surface area (Å²) < 4.78 is 64.9. The lowest BCUT2D eigenvalue weighted by molar-refractivity contribution is -0.138. The Hall–Kier alpha value is -3.17. The molecule has 1 amide bonds. The molecule has 40 heavy (non-hydrogen) atoms. The summed E-state index contributed by atoms with van der Waals surface area (Å²) in [6, 6.07) is 14.3. The summed E-state index contributed by atoms with van der Waals surface area (Å²) in [5, 5.41) is 20.0. The van der Waals surface area contributed by atoms with E-state index in [9.17, 15) is 22.5 Å². The van der Waals surface area contributed by atoms with Crippen molar-refractivity contribution in [2.45, 2.75) is 70.4 Å². The number of nitrogens with zero attached hydrogens (tertiary/aromatic N) is 2. The number of rotatable bonds is 15. The van der Waals surface area contributed by atoms with Crippen LogP contribution in [0, 0.1) is 22.7 Å². The van der Waals surface area contributed by atoms with Gasteiger partial charge < -0.3 is 14.4 Å². The number of halogens is 3. The van der Waals surface area contributed by atoms with Gasteiger partial charge in [-0.3, -0.25) is 9.36 Å². The molecule has 2 aromatic rings. The number of carbonyl (C=O) groups is 1. The maximum Gasteiger partial charge on any atom is 0.405 e. The number of unbranched alkanes of at least 4 members (excludes halogenated alkanes) is 4. The topological polar surface area (TPSA) is 112 Å². The summed E-state index contributed by atoms with van der Waals surface area (Å²) in [6.07, 6.45) is -0.160. The Morgan fingerprint density at radius 2 is 1.65 bits per heavy atom. The van der Waals surface area contributed by atoms with Gasteiger partial charge in [0.25, 0.3) is 0 Å². The minimum atomic E-state index is -4.58. The molecule has 2 aromatic carbocycles. The zero-order valence-electron chi connectivity index (χ0n) is 22.4. The Labute approximate surface area is 232 Å². The third-order valence-electron chi connectivity index (χ3n) is 6.60. The van der Waals surface area contributed by atoms with Crippen molar-refractivity contribution >= 4 is 18.8 Å². The van der Waals surface area contributed by atoms with E-state index in [1.54, 1.807) is 24.3 Å². The van der Waals surface area contributed by atoms with E-state index in [1.165, 1.54) is 0 Å². The van der Waals surface area contributed by atoms with Crippen molar-refractivity contribution in [3.05, 3.63) is 53.1 Å². The predicted octanol–water partition coefficient (Wildman–Crippen LogP) is 6.67. The second kappa shape index (κ2) is 14.5. The fourth-order valence-corrected chi connectivity index (χ4v) is 6.72. The van der Waals surface area contributed by atoms with Gasteiger partial charge in [-0.1, -0.05) is 50.1 Å². The molecular weight excluding hydrogens is 542 g/mol. The van der Waals surface area contributed by atoms with E-state index < -0.39 is 32.1 Å². The van der Waals surface area contributed by atoms with Crippen LogP contribution in [0.5, 0.6) is 0 Å². The molecule has 1 aliphatic rings. The summed E-state index contributed by atoms with van der Waals surface area (Å²) in [7, 11) is -4.02. The minimum absolute atomic E-state index is 0.0217. The van der Waals surface area contributed by atoms with Crippen LogP contribution >= 0.6 is 7.60 Å². The Balaban J connectivity index is 2.14. The molecular formula is C29H33F3N3O4P. The van der Waals surface area contributed by atoms with Gasteiger partial charge in [0.05, 0.1) is 36.6 Å². The molecule has 214 valence electrons. The number of amides is 1. The van der Waals surface area contributed by atoms with Gasteiger partial charge in [-0.25, -0.2) is 0 Å². The van der Waals surface area contributed by atoms with Crippen LogP contribution in [-0.2, 0) is 24.8 Å². The Kier molecular flexibility index (Phi) is 11.3. The van der Waals surface area contributed by atoms with E-state index in [2.05, 4.69) is 6.92 Å². The third-order valence-corrected chi connectivity index (χ3v) is 8.61. The first-order valence-electron chi connectivity index (χ1n) is 13.4. The lowest BCUT2D eigenvalue weighted by Crippen LogP contribution is -2.37. The lowest BCUT2D eigenvalue weighted by Gasteiger charge is -2.22. The Morgan fingerprint density at radius 1 is 1.00 bits per heavy atom. The highest BCUT2D eigenvalue weighted by Crippen LogP contribution is 2.55. The monoisotopic (exact) mass is 575 g/mol. The lowest BCUT2D eigenvalue weighted by atomic mass is 9.90. The molecule has 0 aliphatic heterocycles. The fourth-order valence-electron chi connectivity index (χ4n) is 4.84. The molecule has 1 aliphatic carbocycles. The first-order valence-corrected chi connectivity index (χ1v) is 14.9. The van der Waals surface area contributed by atoms with Crippen molar-refractivity contribution < 1.29 is 31.6 Å². The van der Waals surface area contributed by atoms with Crippen LogP contribution < -0.4 is 10.6 Å². The van der Waals surface area contributed by atoms with Crippen molar-refractivity contribution in [3.8, 4) is 23.3 Å². The van der Waals surface area contributed by atoms with E-state index in [4.69, 9.17) is 19.6 Å². The average Bonchev–Trinajstić information content (AvgIpc) is 3.27. The fraction of sp³-hybridized carbons (Fsp3) is 0.483. The number of nitrogens with one attached hydrogen (secondary N) is 1. The zero-order valence-corrected chi connectivity index (χ0v) is 23.3. The summed E-state index contributed by atoms with van der Waals surface area (Å²) in [6.45, 7) is 0.557. The van der Waals surface area contributed by atoms with E-state index in [-0.39, 0.29) is 31.4 Å². The molecule has 0 saturated heterocycles. The second-order valence-electron chi connectivity index (χ2n) is 9.53. The smallest absolute Gasteiger partial charge is 0.346 e. The van der Waals surface area contributed by atoms with Gasteiger partial charge in [0.15, 0.2) is 0 Å². The number of alkyl halides is 3. The van der Waals surface area contributed by atoms with Gasteiger partial charge in [-0.05, 0) is 54.0 Å². The Bertz CT molecular complexity index is 1290. The maximum absolute atomic E-state index is 14.3. The van der Waals surface area contributed by atoms with Gasteiger partial charge in [-0.15, -0.1) is 0 Å². The molecule has 0 spiro atoms. The quantitative estimate of drug-likeness (QED) is 0.188. The van der Waals surface area contributed by atoms with Gasteiger partial charge in [0.1, 0.15) is 6.54 Å². The number of aryl methyl sites for hydroxylation is 1. The van der Waals surface area contributed by atoms with Crippen molar-refractivity contribution in [3.63, 3.8) is 0 Å². The highest BCUT2D eigenvalue weighted by Gasteiger charge is 2.42. The summed E-state index contributed by atoms with van der Waals surface area (Å²) >= 11 is 0. The SMILES string of the molecule is CCCCCc1cccc2c1C(C(=O)NCC(F)(F)F)c1cccc(P(=O)(OCCCC#N)OCCCC#N)c1-2. The summed E-state index contributed by atoms with van der Waals surface area (Å²) in [4.78, 5) is 13.3. The molecule has 11 heteroatoms. The molecule has 1 unspecified atom stereocenters. The normalized spacial score (nSPS) is 14.2. The molecule has 0 radical (unpaired) electrons. The number of hydrogen-bond donors (Lipinski definition) is 1. The van der Waals surface area contributed by atoms with Crippen LogP contribution in [-0.4, -0.2) is 31.8 Å². The molecule has 0 aromatic heterocycles. The Morgan fingerprint density at radius 3 is 2.25 bits per heavy atom. The van der Waals surface area contributed by atoms with Crippen LogP contribution in [0.25, 0.3) is 11.1 Å². The average molecular weight is 576 g/mol. The van der Waals surface area contributed by atoms with Crippen LogP contribution in [0.15, 0.2) is 36.4 Å². The third kappa shape index (κ3) is 7.73. The molecule has 0 saturated carbocycles. The number of benzene rings is 2. The molecule has 0 bridgehead atoms. The number of hydrogen-bond acceptors (Lipinski definition) is 6. The van der Waals surface area contributed by atoms with E-state index >= 15 is 0 Å². The van der Waals surface area contributed by atoms with Crippen LogP contribution in [0.3, 0.4) is 0 Å². The van der Waals surface area contributed by atoms with Crippen LogP contribution in [0.2, 0.25) is 0 Å². The second-order valence-corrected chi connectivity index (χ2v) is 11.5. The van der Waals surface area contributed by atoms with Crippen molar-refractivity contribution in [1.29, 1.82) is 10.5 Å². The maximum atomic E-state index is 14.3. The molecule has 0 fully saturated rings. The summed E-state index contributed by atoms with van der Waals surface area (Å²) in [5.41, 5.74) is 2.93. The van der Waals surface area contributed by atoms with Crippen molar-refractivity contribution in [1.82, 2.24) is 5.32 Å². The van der Waals surface area contributed by atoms with Crippen LogP contribution in [0.1, 0.15) is 74.5 Å². The van der Waals surface area contributed by atoms with Gasteiger partial charge in [-0.2, -0.15) is 23.7 Å². The number of fused-ring (bicyclic) bond motifs is 3. The molecule has 1 atom stereocenters. The number of nitriles is 2. The number of carbonyl (C=O) groups excluding carboxylic acids is 1. The minimum Gasteiger partial charge on any atom is -0.346 e. The molecule has 0 heterocycles. The molecule has 3 rings (SSSR count). The largest absolute Gasteiger partial charge is 0.405 e.